The first-order chi connectivity index (χ1) is 21.5. The van der Waals surface area contributed by atoms with Crippen LogP contribution >= 0.6 is 34.8 Å². The normalized spacial score (nSPS) is 11.9. The molecule has 0 saturated carbocycles. The van der Waals surface area contributed by atoms with Gasteiger partial charge in [-0.2, -0.15) is 0 Å². The summed E-state index contributed by atoms with van der Waals surface area (Å²) in [7, 11) is -4.23. The molecule has 0 spiro atoms. The van der Waals surface area contributed by atoms with E-state index in [1.54, 1.807) is 61.5 Å². The van der Waals surface area contributed by atoms with Gasteiger partial charge in [-0.15, -0.1) is 0 Å². The maximum Gasteiger partial charge on any atom is 0.264 e. The van der Waals surface area contributed by atoms with Gasteiger partial charge in [-0.3, -0.25) is 13.9 Å². The van der Waals surface area contributed by atoms with Gasteiger partial charge < -0.3 is 10.2 Å². The molecule has 0 heterocycles. The molecule has 4 rings (SSSR count). The number of sulfonamides is 1. The Bertz CT molecular complexity index is 1740. The van der Waals surface area contributed by atoms with Crippen LogP contribution in [0.1, 0.15) is 30.0 Å². The molecule has 0 fully saturated rings. The van der Waals surface area contributed by atoms with Gasteiger partial charge in [0, 0.05) is 34.6 Å². The molecule has 11 heteroatoms. The van der Waals surface area contributed by atoms with Gasteiger partial charge in [-0.05, 0) is 72.5 Å². The summed E-state index contributed by atoms with van der Waals surface area (Å²) in [5, 5.41) is 4.08. The van der Waals surface area contributed by atoms with Crippen LogP contribution in [0.2, 0.25) is 15.1 Å². The van der Waals surface area contributed by atoms with Crippen molar-refractivity contribution < 1.29 is 18.0 Å². The number of nitrogens with zero attached hydrogens (tertiary/aromatic N) is 2. The van der Waals surface area contributed by atoms with Crippen molar-refractivity contribution in [2.75, 3.05) is 17.4 Å². The quantitative estimate of drug-likeness (QED) is 0.160. The van der Waals surface area contributed by atoms with Crippen LogP contribution in [0.15, 0.2) is 102 Å². The second kappa shape index (κ2) is 15.6. The van der Waals surface area contributed by atoms with E-state index in [1.807, 2.05) is 37.3 Å². The van der Waals surface area contributed by atoms with E-state index in [9.17, 15) is 18.0 Å². The Hall–Kier alpha value is -3.56. The summed E-state index contributed by atoms with van der Waals surface area (Å²) < 4.78 is 29.3. The van der Waals surface area contributed by atoms with Gasteiger partial charge in [-0.1, -0.05) is 96.3 Å². The fourth-order valence-corrected chi connectivity index (χ4v) is 7.08. The van der Waals surface area contributed by atoms with Crippen LogP contribution in [-0.4, -0.2) is 44.3 Å². The third kappa shape index (κ3) is 8.79. The molecule has 236 valence electrons. The van der Waals surface area contributed by atoms with E-state index in [0.29, 0.717) is 39.2 Å². The minimum atomic E-state index is -4.23. The zero-order valence-electron chi connectivity index (χ0n) is 24.9. The molecule has 0 aliphatic rings. The highest BCUT2D eigenvalue weighted by atomic mass is 35.5. The Morgan fingerprint density at radius 3 is 2.09 bits per heavy atom. The van der Waals surface area contributed by atoms with Crippen LogP contribution < -0.4 is 9.62 Å². The standard InChI is InChI=1S/C34H34Cl3N3O4S/c1-3-18-38-34(42)32(20-25-10-6-4-7-11-25)39(22-26-14-15-28(36)21-30(26)37)33(41)23-40(31-17-16-27(35)19-24(31)2)45(43,44)29-12-8-5-9-13-29/h4-17,19,21,32H,3,18,20,22-23H2,1-2H3,(H,38,42)/t32-/m1/s1. The summed E-state index contributed by atoms with van der Waals surface area (Å²) in [6.07, 6.45) is 0.887. The van der Waals surface area contributed by atoms with Gasteiger partial charge in [0.05, 0.1) is 10.6 Å². The largest absolute Gasteiger partial charge is 0.354 e. The molecule has 0 aliphatic carbocycles. The molecular weight excluding hydrogens is 653 g/mol. The summed E-state index contributed by atoms with van der Waals surface area (Å²) in [5.41, 5.74) is 2.23. The van der Waals surface area contributed by atoms with E-state index in [2.05, 4.69) is 5.32 Å². The Balaban J connectivity index is 1.83. The third-order valence-electron chi connectivity index (χ3n) is 7.21. The van der Waals surface area contributed by atoms with Crippen LogP contribution in [0.5, 0.6) is 0 Å². The van der Waals surface area contributed by atoms with Gasteiger partial charge >= 0.3 is 0 Å². The molecule has 0 radical (unpaired) electrons. The van der Waals surface area contributed by atoms with Gasteiger partial charge in [-0.25, -0.2) is 8.42 Å². The highest BCUT2D eigenvalue weighted by Crippen LogP contribution is 2.30. The summed E-state index contributed by atoms with van der Waals surface area (Å²) in [4.78, 5) is 29.7. The molecule has 1 atom stereocenters. The number of halogens is 3. The van der Waals surface area contributed by atoms with Crippen LogP contribution in [0.4, 0.5) is 5.69 Å². The molecule has 4 aromatic rings. The number of aryl methyl sites for hydroxylation is 1. The van der Waals surface area contributed by atoms with Crippen molar-refractivity contribution in [3.05, 3.63) is 129 Å². The molecular formula is C34H34Cl3N3O4S. The molecule has 7 nitrogen and oxygen atoms in total. The van der Waals surface area contributed by atoms with Crippen molar-refractivity contribution in [1.82, 2.24) is 10.2 Å². The van der Waals surface area contributed by atoms with Crippen molar-refractivity contribution in [1.29, 1.82) is 0 Å². The molecule has 1 N–H and O–H groups in total. The fraction of sp³-hybridized carbons (Fsp3) is 0.235. The van der Waals surface area contributed by atoms with Crippen LogP contribution in [-0.2, 0) is 32.6 Å². The minimum Gasteiger partial charge on any atom is -0.354 e. The zero-order chi connectivity index (χ0) is 32.6. The lowest BCUT2D eigenvalue weighted by Crippen LogP contribution is -2.53. The Kier molecular flexibility index (Phi) is 11.9. The van der Waals surface area contributed by atoms with Crippen molar-refractivity contribution in [2.45, 2.75) is 44.2 Å². The fourth-order valence-electron chi connectivity index (χ4n) is 4.89. The summed E-state index contributed by atoms with van der Waals surface area (Å²) in [6.45, 7) is 3.42. The SMILES string of the molecule is CCCNC(=O)[C@@H](Cc1ccccc1)N(Cc1ccc(Cl)cc1Cl)C(=O)CN(c1ccc(Cl)cc1C)S(=O)(=O)c1ccccc1. The van der Waals surface area contributed by atoms with Crippen molar-refractivity contribution >= 4 is 62.3 Å². The number of carbonyl (C=O) groups is 2. The number of hydrogen-bond donors (Lipinski definition) is 1. The number of rotatable bonds is 13. The van der Waals surface area contributed by atoms with Crippen molar-refractivity contribution in [3.63, 3.8) is 0 Å². The number of carbonyl (C=O) groups excluding carboxylic acids is 2. The number of hydrogen-bond acceptors (Lipinski definition) is 4. The second-order valence-corrected chi connectivity index (χ2v) is 13.7. The Morgan fingerprint density at radius 2 is 1.47 bits per heavy atom. The molecule has 0 aromatic heterocycles. The monoisotopic (exact) mass is 685 g/mol. The van der Waals surface area contributed by atoms with E-state index in [-0.39, 0.29) is 29.5 Å². The van der Waals surface area contributed by atoms with Gasteiger partial charge in [0.25, 0.3) is 10.0 Å². The van der Waals surface area contributed by atoms with Crippen LogP contribution in [0.3, 0.4) is 0 Å². The first-order valence-electron chi connectivity index (χ1n) is 14.4. The molecule has 0 aliphatic heterocycles. The molecule has 0 unspecified atom stereocenters. The predicted molar refractivity (Wildman–Crippen MR) is 181 cm³/mol. The van der Waals surface area contributed by atoms with Crippen LogP contribution in [0.25, 0.3) is 0 Å². The van der Waals surface area contributed by atoms with Crippen molar-refractivity contribution in [3.8, 4) is 0 Å². The van der Waals surface area contributed by atoms with Gasteiger partial charge in [0.15, 0.2) is 0 Å². The molecule has 4 aromatic carbocycles. The Labute approximate surface area is 279 Å². The van der Waals surface area contributed by atoms with Crippen LogP contribution in [0, 0.1) is 6.92 Å². The summed E-state index contributed by atoms with van der Waals surface area (Å²) in [5.74, 6) is -0.957. The lowest BCUT2D eigenvalue weighted by Gasteiger charge is -2.34. The van der Waals surface area contributed by atoms with E-state index in [1.165, 1.54) is 17.0 Å². The zero-order valence-corrected chi connectivity index (χ0v) is 28.0. The first kappa shape index (κ1) is 34.3. The average Bonchev–Trinajstić information content (AvgIpc) is 3.02. The van der Waals surface area contributed by atoms with E-state index in [4.69, 9.17) is 34.8 Å². The Morgan fingerprint density at radius 1 is 0.844 bits per heavy atom. The summed E-state index contributed by atoms with van der Waals surface area (Å²) in [6, 6.07) is 25.9. The number of amides is 2. The average molecular weight is 687 g/mol. The van der Waals surface area contributed by atoms with E-state index in [0.717, 1.165) is 9.87 Å². The lowest BCUT2D eigenvalue weighted by atomic mass is 10.0. The van der Waals surface area contributed by atoms with Gasteiger partial charge in [0.2, 0.25) is 11.8 Å². The number of anilines is 1. The van der Waals surface area contributed by atoms with E-state index < -0.39 is 28.5 Å². The van der Waals surface area contributed by atoms with Crippen molar-refractivity contribution in [2.24, 2.45) is 0 Å². The highest BCUT2D eigenvalue weighted by Gasteiger charge is 2.35. The summed E-state index contributed by atoms with van der Waals surface area (Å²) >= 11 is 18.9. The highest BCUT2D eigenvalue weighted by molar-refractivity contribution is 7.92. The molecule has 0 saturated heterocycles. The topological polar surface area (TPSA) is 86.8 Å². The predicted octanol–water partition coefficient (Wildman–Crippen LogP) is 7.32. The smallest absolute Gasteiger partial charge is 0.264 e. The molecule has 0 bridgehead atoms. The maximum atomic E-state index is 14.5. The van der Waals surface area contributed by atoms with E-state index >= 15 is 0 Å². The number of benzene rings is 4. The minimum absolute atomic E-state index is 0.0148. The molecule has 2 amide bonds. The van der Waals surface area contributed by atoms with Gasteiger partial charge in [0.1, 0.15) is 12.6 Å². The number of nitrogens with one attached hydrogen (secondary N) is 1. The molecule has 45 heavy (non-hydrogen) atoms. The maximum absolute atomic E-state index is 14.5. The first-order valence-corrected chi connectivity index (χ1v) is 17.0. The third-order valence-corrected chi connectivity index (χ3v) is 9.81. The lowest BCUT2D eigenvalue weighted by molar-refractivity contribution is -0.140. The second-order valence-electron chi connectivity index (χ2n) is 10.5.